The third kappa shape index (κ3) is 6.95. The largest absolute Gasteiger partial charge is 0.496 e. The highest BCUT2D eigenvalue weighted by Gasteiger charge is 2.24. The average molecular weight is 474 g/mol. The second-order valence-electron chi connectivity index (χ2n) is 6.94. The SMILES string of the molecule is CCNC(=NCc1ccccc1OC)NCC(C(C)C)N1CCCC1.I. The quantitative estimate of drug-likeness (QED) is 0.344. The monoisotopic (exact) mass is 474 g/mol. The zero-order valence-corrected chi connectivity index (χ0v) is 19.0. The summed E-state index contributed by atoms with van der Waals surface area (Å²) >= 11 is 0. The predicted octanol–water partition coefficient (Wildman–Crippen LogP) is 3.49. The summed E-state index contributed by atoms with van der Waals surface area (Å²) in [6.07, 6.45) is 2.65. The molecule has 2 N–H and O–H groups in total. The molecule has 1 aromatic rings. The summed E-state index contributed by atoms with van der Waals surface area (Å²) in [5, 5.41) is 6.90. The van der Waals surface area contributed by atoms with Gasteiger partial charge in [0.1, 0.15) is 5.75 Å². The summed E-state index contributed by atoms with van der Waals surface area (Å²) in [4.78, 5) is 7.36. The smallest absolute Gasteiger partial charge is 0.191 e. The van der Waals surface area contributed by atoms with Crippen molar-refractivity contribution in [3.05, 3.63) is 29.8 Å². The number of methoxy groups -OCH3 is 1. The fraction of sp³-hybridized carbons (Fsp3) is 0.650. The van der Waals surface area contributed by atoms with Gasteiger partial charge in [0.2, 0.25) is 0 Å². The molecule has 0 amide bonds. The molecule has 1 aliphatic heterocycles. The molecule has 2 rings (SSSR count). The Morgan fingerprint density at radius 2 is 1.88 bits per heavy atom. The third-order valence-electron chi connectivity index (χ3n) is 4.80. The lowest BCUT2D eigenvalue weighted by molar-refractivity contribution is 0.192. The molecule has 1 unspecified atom stereocenters. The first-order chi connectivity index (χ1) is 12.2. The molecular formula is C20H35IN4O. The molecule has 0 spiro atoms. The minimum Gasteiger partial charge on any atom is -0.496 e. The zero-order valence-electron chi connectivity index (χ0n) is 16.6. The molecule has 1 fully saturated rings. The van der Waals surface area contributed by atoms with Gasteiger partial charge in [-0.1, -0.05) is 32.0 Å². The van der Waals surface area contributed by atoms with E-state index in [4.69, 9.17) is 9.73 Å². The number of nitrogens with one attached hydrogen (secondary N) is 2. The molecule has 1 saturated heterocycles. The van der Waals surface area contributed by atoms with Crippen molar-refractivity contribution in [2.45, 2.75) is 46.2 Å². The first-order valence-electron chi connectivity index (χ1n) is 9.53. The maximum Gasteiger partial charge on any atom is 0.191 e. The van der Waals surface area contributed by atoms with Gasteiger partial charge in [0.05, 0.1) is 13.7 Å². The topological polar surface area (TPSA) is 48.9 Å². The normalized spacial score (nSPS) is 16.3. The van der Waals surface area contributed by atoms with Crippen molar-refractivity contribution in [1.29, 1.82) is 0 Å². The van der Waals surface area contributed by atoms with Crippen molar-refractivity contribution in [2.24, 2.45) is 10.9 Å². The second-order valence-corrected chi connectivity index (χ2v) is 6.94. The van der Waals surface area contributed by atoms with E-state index in [9.17, 15) is 0 Å². The Labute approximate surface area is 176 Å². The summed E-state index contributed by atoms with van der Waals surface area (Å²) in [5.74, 6) is 2.39. The lowest BCUT2D eigenvalue weighted by Gasteiger charge is -2.31. The van der Waals surface area contributed by atoms with Gasteiger partial charge in [0, 0.05) is 24.7 Å². The van der Waals surface area contributed by atoms with E-state index >= 15 is 0 Å². The molecule has 0 aromatic heterocycles. The number of likely N-dealkylation sites (tertiary alicyclic amines) is 1. The van der Waals surface area contributed by atoms with Crippen molar-refractivity contribution < 1.29 is 4.74 Å². The Morgan fingerprint density at radius 1 is 1.19 bits per heavy atom. The Bertz CT molecular complexity index is 544. The molecule has 1 aliphatic rings. The first-order valence-corrected chi connectivity index (χ1v) is 9.53. The van der Waals surface area contributed by atoms with Gasteiger partial charge in [0.15, 0.2) is 5.96 Å². The summed E-state index contributed by atoms with van der Waals surface area (Å²) in [5.41, 5.74) is 1.10. The second kappa shape index (κ2) is 12.4. The summed E-state index contributed by atoms with van der Waals surface area (Å²) in [7, 11) is 1.70. The minimum atomic E-state index is 0. The molecule has 0 aliphatic carbocycles. The molecule has 1 atom stereocenters. The van der Waals surface area contributed by atoms with Crippen LogP contribution in [-0.4, -0.2) is 50.2 Å². The average Bonchev–Trinajstić information content (AvgIpc) is 3.14. The maximum atomic E-state index is 5.42. The highest BCUT2D eigenvalue weighted by atomic mass is 127. The molecule has 1 aromatic carbocycles. The molecule has 1 heterocycles. The van der Waals surface area contributed by atoms with Gasteiger partial charge in [-0.05, 0) is 44.8 Å². The maximum absolute atomic E-state index is 5.42. The minimum absolute atomic E-state index is 0. The van der Waals surface area contributed by atoms with Crippen LogP contribution in [0.3, 0.4) is 0 Å². The van der Waals surface area contributed by atoms with Crippen LogP contribution in [0.4, 0.5) is 0 Å². The van der Waals surface area contributed by atoms with Gasteiger partial charge in [-0.3, -0.25) is 4.90 Å². The van der Waals surface area contributed by atoms with E-state index in [0.29, 0.717) is 18.5 Å². The van der Waals surface area contributed by atoms with E-state index in [2.05, 4.69) is 42.4 Å². The molecule has 0 bridgehead atoms. The number of guanidine groups is 1. The fourth-order valence-electron chi connectivity index (χ4n) is 3.40. The number of halogens is 1. The predicted molar refractivity (Wildman–Crippen MR) is 121 cm³/mol. The highest BCUT2D eigenvalue weighted by molar-refractivity contribution is 14.0. The van der Waals surface area contributed by atoms with Gasteiger partial charge in [-0.2, -0.15) is 0 Å². The number of ether oxygens (including phenoxy) is 1. The Balaban J connectivity index is 0.00000338. The van der Waals surface area contributed by atoms with E-state index in [1.54, 1.807) is 7.11 Å². The lowest BCUT2D eigenvalue weighted by atomic mass is 10.0. The molecular weight excluding hydrogens is 439 g/mol. The van der Waals surface area contributed by atoms with Gasteiger partial charge >= 0.3 is 0 Å². The fourth-order valence-corrected chi connectivity index (χ4v) is 3.40. The lowest BCUT2D eigenvalue weighted by Crippen LogP contribution is -2.48. The van der Waals surface area contributed by atoms with Crippen LogP contribution >= 0.6 is 24.0 Å². The summed E-state index contributed by atoms with van der Waals surface area (Å²) in [6.45, 7) is 11.5. The van der Waals surface area contributed by atoms with Gasteiger partial charge in [0.25, 0.3) is 0 Å². The van der Waals surface area contributed by atoms with E-state index in [1.165, 1.54) is 25.9 Å². The van der Waals surface area contributed by atoms with E-state index < -0.39 is 0 Å². The summed E-state index contributed by atoms with van der Waals surface area (Å²) < 4.78 is 5.42. The number of aliphatic imine (C=N–C) groups is 1. The van der Waals surface area contributed by atoms with Crippen LogP contribution in [-0.2, 0) is 6.54 Å². The van der Waals surface area contributed by atoms with Gasteiger partial charge < -0.3 is 15.4 Å². The molecule has 5 nitrogen and oxygen atoms in total. The Hall–Kier alpha value is -1.02. The molecule has 0 radical (unpaired) electrons. The van der Waals surface area contributed by atoms with Crippen LogP contribution in [0.2, 0.25) is 0 Å². The van der Waals surface area contributed by atoms with Crippen LogP contribution in [0.1, 0.15) is 39.2 Å². The van der Waals surface area contributed by atoms with Crippen LogP contribution in [0.25, 0.3) is 0 Å². The van der Waals surface area contributed by atoms with E-state index in [0.717, 1.165) is 30.4 Å². The molecule has 26 heavy (non-hydrogen) atoms. The highest BCUT2D eigenvalue weighted by Crippen LogP contribution is 2.18. The van der Waals surface area contributed by atoms with Crippen LogP contribution in [0.15, 0.2) is 29.3 Å². The van der Waals surface area contributed by atoms with Gasteiger partial charge in [-0.15, -0.1) is 24.0 Å². The van der Waals surface area contributed by atoms with Gasteiger partial charge in [-0.25, -0.2) is 4.99 Å². The van der Waals surface area contributed by atoms with Crippen molar-refractivity contribution in [1.82, 2.24) is 15.5 Å². The number of para-hydroxylation sites is 1. The summed E-state index contributed by atoms with van der Waals surface area (Å²) in [6, 6.07) is 8.60. The van der Waals surface area contributed by atoms with Crippen molar-refractivity contribution in [2.75, 3.05) is 33.3 Å². The number of benzene rings is 1. The third-order valence-corrected chi connectivity index (χ3v) is 4.80. The van der Waals surface area contributed by atoms with Crippen molar-refractivity contribution in [3.63, 3.8) is 0 Å². The standard InChI is InChI=1S/C20H34N4O.HI/c1-5-21-20(22-14-17-10-6-7-11-19(17)25-4)23-15-18(16(2)3)24-12-8-9-13-24;/h6-7,10-11,16,18H,5,8-9,12-15H2,1-4H3,(H2,21,22,23);1H. The molecule has 148 valence electrons. The number of hydrogen-bond donors (Lipinski definition) is 2. The molecule has 0 saturated carbocycles. The van der Waals surface area contributed by atoms with E-state index in [1.807, 2.05) is 18.2 Å². The number of nitrogens with zero attached hydrogens (tertiary/aromatic N) is 2. The van der Waals surface area contributed by atoms with E-state index in [-0.39, 0.29) is 24.0 Å². The Morgan fingerprint density at radius 3 is 2.50 bits per heavy atom. The van der Waals surface area contributed by atoms with Crippen molar-refractivity contribution >= 4 is 29.9 Å². The number of hydrogen-bond acceptors (Lipinski definition) is 3. The van der Waals surface area contributed by atoms with Crippen LogP contribution in [0, 0.1) is 5.92 Å². The zero-order chi connectivity index (χ0) is 18.1. The van der Waals surface area contributed by atoms with Crippen LogP contribution < -0.4 is 15.4 Å². The molecule has 6 heteroatoms. The Kier molecular flexibility index (Phi) is 11.0. The number of rotatable bonds is 8. The van der Waals surface area contributed by atoms with Crippen LogP contribution in [0.5, 0.6) is 5.75 Å². The van der Waals surface area contributed by atoms with Crippen molar-refractivity contribution in [3.8, 4) is 5.75 Å². The first kappa shape index (κ1) is 23.0.